The largest absolute Gasteiger partial charge is 0.348 e. The third kappa shape index (κ3) is 3.32. The Kier molecular flexibility index (Phi) is 3.79. The summed E-state index contributed by atoms with van der Waals surface area (Å²) in [5.41, 5.74) is 5.78. The lowest BCUT2D eigenvalue weighted by molar-refractivity contribution is 0.0939. The van der Waals surface area contributed by atoms with Crippen LogP contribution in [-0.4, -0.2) is 33.7 Å². The predicted molar refractivity (Wildman–Crippen MR) is 56.3 cm³/mol. The van der Waals surface area contributed by atoms with Gasteiger partial charge in [-0.1, -0.05) is 13.8 Å². The highest BCUT2D eigenvalue weighted by atomic mass is 16.2. The van der Waals surface area contributed by atoms with Gasteiger partial charge in [0.25, 0.3) is 5.91 Å². The van der Waals surface area contributed by atoms with Crippen LogP contribution in [-0.2, 0) is 0 Å². The SMILES string of the molecule is Cc1nc(C(=O)NCC(N)C(C)C)n[nH]1. The molecule has 0 aromatic carbocycles. The van der Waals surface area contributed by atoms with Crippen LogP contribution in [0.2, 0.25) is 0 Å². The fraction of sp³-hybridized carbons (Fsp3) is 0.667. The first-order valence-electron chi connectivity index (χ1n) is 4.93. The van der Waals surface area contributed by atoms with E-state index in [1.807, 2.05) is 13.8 Å². The zero-order valence-corrected chi connectivity index (χ0v) is 9.24. The summed E-state index contributed by atoms with van der Waals surface area (Å²) in [7, 11) is 0. The maximum atomic E-state index is 11.5. The van der Waals surface area contributed by atoms with E-state index in [0.29, 0.717) is 18.3 Å². The van der Waals surface area contributed by atoms with E-state index >= 15 is 0 Å². The van der Waals surface area contributed by atoms with Crippen LogP contribution in [0, 0.1) is 12.8 Å². The Morgan fingerprint density at radius 3 is 2.73 bits per heavy atom. The highest BCUT2D eigenvalue weighted by molar-refractivity contribution is 5.90. The minimum absolute atomic E-state index is 0.0472. The molecular formula is C9H17N5O. The number of carbonyl (C=O) groups is 1. The molecule has 0 fully saturated rings. The first-order valence-corrected chi connectivity index (χ1v) is 4.93. The van der Waals surface area contributed by atoms with Crippen molar-refractivity contribution >= 4 is 5.91 Å². The van der Waals surface area contributed by atoms with Gasteiger partial charge in [0.2, 0.25) is 5.82 Å². The van der Waals surface area contributed by atoms with E-state index in [0.717, 1.165) is 0 Å². The molecule has 1 amide bonds. The molecule has 0 aliphatic carbocycles. The van der Waals surface area contributed by atoms with Crippen LogP contribution >= 0.6 is 0 Å². The number of aromatic nitrogens is 3. The number of hydrogen-bond acceptors (Lipinski definition) is 4. The smallest absolute Gasteiger partial charge is 0.291 e. The van der Waals surface area contributed by atoms with E-state index in [4.69, 9.17) is 5.73 Å². The summed E-state index contributed by atoms with van der Waals surface area (Å²) >= 11 is 0. The average molecular weight is 211 g/mol. The van der Waals surface area contributed by atoms with Crippen LogP contribution in [0.3, 0.4) is 0 Å². The Hall–Kier alpha value is -1.43. The second-order valence-corrected chi connectivity index (χ2v) is 3.86. The lowest BCUT2D eigenvalue weighted by Crippen LogP contribution is -2.40. The fourth-order valence-corrected chi connectivity index (χ4v) is 0.970. The van der Waals surface area contributed by atoms with Crippen LogP contribution in [0.1, 0.15) is 30.3 Å². The third-order valence-corrected chi connectivity index (χ3v) is 2.15. The zero-order valence-electron chi connectivity index (χ0n) is 9.24. The van der Waals surface area contributed by atoms with E-state index in [9.17, 15) is 4.79 Å². The van der Waals surface area contributed by atoms with Gasteiger partial charge in [0.15, 0.2) is 0 Å². The molecular weight excluding hydrogens is 194 g/mol. The Bertz CT molecular complexity index is 333. The number of aromatic amines is 1. The van der Waals surface area contributed by atoms with Gasteiger partial charge in [-0.3, -0.25) is 9.89 Å². The van der Waals surface area contributed by atoms with Crippen molar-refractivity contribution in [1.82, 2.24) is 20.5 Å². The number of nitrogens with zero attached hydrogens (tertiary/aromatic N) is 2. The molecule has 0 radical (unpaired) electrons. The van der Waals surface area contributed by atoms with Crippen molar-refractivity contribution in [2.75, 3.05) is 6.54 Å². The van der Waals surface area contributed by atoms with Crippen LogP contribution in [0.25, 0.3) is 0 Å². The van der Waals surface area contributed by atoms with Gasteiger partial charge in [0, 0.05) is 12.6 Å². The predicted octanol–water partition coefficient (Wildman–Crippen LogP) is -0.174. The molecule has 0 spiro atoms. The molecule has 1 atom stereocenters. The van der Waals surface area contributed by atoms with Crippen molar-refractivity contribution in [3.63, 3.8) is 0 Å². The molecule has 6 heteroatoms. The van der Waals surface area contributed by atoms with E-state index in [2.05, 4.69) is 20.5 Å². The van der Waals surface area contributed by atoms with Crippen LogP contribution in [0.15, 0.2) is 0 Å². The van der Waals surface area contributed by atoms with Gasteiger partial charge < -0.3 is 11.1 Å². The van der Waals surface area contributed by atoms with Crippen molar-refractivity contribution in [2.45, 2.75) is 26.8 Å². The number of nitrogens with two attached hydrogens (primary N) is 1. The molecule has 1 heterocycles. The van der Waals surface area contributed by atoms with E-state index in [1.54, 1.807) is 6.92 Å². The average Bonchev–Trinajstić information content (AvgIpc) is 2.60. The Balaban J connectivity index is 2.43. The van der Waals surface area contributed by atoms with E-state index < -0.39 is 0 Å². The van der Waals surface area contributed by atoms with Crippen LogP contribution < -0.4 is 11.1 Å². The minimum Gasteiger partial charge on any atom is -0.348 e. The van der Waals surface area contributed by atoms with E-state index in [1.165, 1.54) is 0 Å². The van der Waals surface area contributed by atoms with Gasteiger partial charge in [-0.15, -0.1) is 5.10 Å². The number of hydrogen-bond donors (Lipinski definition) is 3. The molecule has 0 saturated carbocycles. The number of H-pyrrole nitrogens is 1. The molecule has 1 unspecified atom stereocenters. The van der Waals surface area contributed by atoms with E-state index in [-0.39, 0.29) is 17.8 Å². The maximum Gasteiger partial charge on any atom is 0.291 e. The normalized spacial score (nSPS) is 12.9. The molecule has 15 heavy (non-hydrogen) atoms. The number of rotatable bonds is 4. The molecule has 0 bridgehead atoms. The molecule has 84 valence electrons. The van der Waals surface area contributed by atoms with Crippen molar-refractivity contribution in [1.29, 1.82) is 0 Å². The summed E-state index contributed by atoms with van der Waals surface area (Å²) in [6.07, 6.45) is 0. The summed E-state index contributed by atoms with van der Waals surface area (Å²) in [6, 6.07) is -0.0472. The molecule has 0 saturated heterocycles. The second kappa shape index (κ2) is 4.88. The van der Waals surface area contributed by atoms with Crippen LogP contribution in [0.5, 0.6) is 0 Å². The molecule has 1 rings (SSSR count). The fourth-order valence-electron chi connectivity index (χ4n) is 0.970. The van der Waals surface area contributed by atoms with Gasteiger partial charge in [-0.2, -0.15) is 0 Å². The first-order chi connectivity index (χ1) is 7.00. The summed E-state index contributed by atoms with van der Waals surface area (Å²) in [4.78, 5) is 15.4. The molecule has 0 aliphatic rings. The molecule has 1 aromatic rings. The number of aryl methyl sites for hydroxylation is 1. The Labute approximate surface area is 88.7 Å². The van der Waals surface area contributed by atoms with Gasteiger partial charge >= 0.3 is 0 Å². The van der Waals surface area contributed by atoms with Gasteiger partial charge in [0.1, 0.15) is 5.82 Å². The molecule has 6 nitrogen and oxygen atoms in total. The number of nitrogens with one attached hydrogen (secondary N) is 2. The highest BCUT2D eigenvalue weighted by Gasteiger charge is 2.13. The lowest BCUT2D eigenvalue weighted by Gasteiger charge is -2.15. The molecule has 1 aromatic heterocycles. The topological polar surface area (TPSA) is 96.7 Å². The van der Waals surface area contributed by atoms with Crippen molar-refractivity contribution in [3.8, 4) is 0 Å². The summed E-state index contributed by atoms with van der Waals surface area (Å²) < 4.78 is 0. The third-order valence-electron chi connectivity index (χ3n) is 2.15. The van der Waals surface area contributed by atoms with Crippen molar-refractivity contribution in [2.24, 2.45) is 11.7 Å². The Morgan fingerprint density at radius 2 is 2.27 bits per heavy atom. The second-order valence-electron chi connectivity index (χ2n) is 3.86. The molecule has 4 N–H and O–H groups in total. The van der Waals surface area contributed by atoms with Gasteiger partial charge in [-0.25, -0.2) is 4.98 Å². The minimum atomic E-state index is -0.296. The number of carbonyl (C=O) groups excluding carboxylic acids is 1. The summed E-state index contributed by atoms with van der Waals surface area (Å²) in [5, 5.41) is 9.04. The van der Waals surface area contributed by atoms with Crippen molar-refractivity contribution < 1.29 is 4.79 Å². The first kappa shape index (κ1) is 11.6. The summed E-state index contributed by atoms with van der Waals surface area (Å²) in [5.74, 6) is 0.811. The number of amides is 1. The summed E-state index contributed by atoms with van der Waals surface area (Å²) in [6.45, 7) is 6.19. The Morgan fingerprint density at radius 1 is 1.60 bits per heavy atom. The standard InChI is InChI=1S/C9H17N5O/c1-5(2)7(10)4-11-9(15)8-12-6(3)13-14-8/h5,7H,4,10H2,1-3H3,(H,11,15)(H,12,13,14). The molecule has 0 aliphatic heterocycles. The monoisotopic (exact) mass is 211 g/mol. The maximum absolute atomic E-state index is 11.5. The quantitative estimate of drug-likeness (QED) is 0.644. The van der Waals surface area contributed by atoms with Gasteiger partial charge in [-0.05, 0) is 12.8 Å². The van der Waals surface area contributed by atoms with Crippen molar-refractivity contribution in [3.05, 3.63) is 11.6 Å². The zero-order chi connectivity index (χ0) is 11.4. The lowest BCUT2D eigenvalue weighted by atomic mass is 10.1. The highest BCUT2D eigenvalue weighted by Crippen LogP contribution is 1.97. The van der Waals surface area contributed by atoms with Crippen LogP contribution in [0.4, 0.5) is 0 Å². The van der Waals surface area contributed by atoms with Gasteiger partial charge in [0.05, 0.1) is 0 Å².